The Morgan fingerprint density at radius 1 is 1.32 bits per heavy atom. The van der Waals surface area contributed by atoms with Gasteiger partial charge in [0.1, 0.15) is 11.6 Å². The van der Waals surface area contributed by atoms with Gasteiger partial charge in [-0.1, -0.05) is 19.9 Å². The second-order valence-electron chi connectivity index (χ2n) is 6.52. The Bertz CT molecular complexity index is 520. The standard InChI is InChI=1S/C17H25F2N3/c1-4-20-16(22-11-9-17(2,3)12-22)21-10-8-13-14(18)6-5-7-15(13)19/h5-7H,4,8-12H2,1-3H3,(H,20,21). The first-order valence-electron chi connectivity index (χ1n) is 7.89. The molecular weight excluding hydrogens is 284 g/mol. The fourth-order valence-corrected chi connectivity index (χ4v) is 2.76. The van der Waals surface area contributed by atoms with Gasteiger partial charge in [0.15, 0.2) is 5.96 Å². The molecule has 1 saturated heterocycles. The lowest BCUT2D eigenvalue weighted by molar-refractivity contribution is 0.370. The molecule has 1 heterocycles. The third-order valence-corrected chi connectivity index (χ3v) is 4.00. The smallest absolute Gasteiger partial charge is 0.193 e. The van der Waals surface area contributed by atoms with E-state index in [4.69, 9.17) is 0 Å². The molecule has 0 aromatic heterocycles. The van der Waals surface area contributed by atoms with Crippen LogP contribution < -0.4 is 5.32 Å². The first-order chi connectivity index (χ1) is 10.4. The Hall–Kier alpha value is -1.65. The van der Waals surface area contributed by atoms with Crippen molar-refractivity contribution in [1.82, 2.24) is 10.2 Å². The van der Waals surface area contributed by atoms with Crippen LogP contribution in [-0.2, 0) is 6.42 Å². The summed E-state index contributed by atoms with van der Waals surface area (Å²) >= 11 is 0. The Kier molecular flexibility index (Phi) is 5.37. The number of guanidine groups is 1. The molecule has 1 aromatic carbocycles. The van der Waals surface area contributed by atoms with Gasteiger partial charge in [0.25, 0.3) is 0 Å². The predicted octanol–water partition coefficient (Wildman–Crippen LogP) is 3.20. The van der Waals surface area contributed by atoms with Crippen molar-refractivity contribution in [3.05, 3.63) is 35.4 Å². The largest absolute Gasteiger partial charge is 0.357 e. The monoisotopic (exact) mass is 309 g/mol. The Balaban J connectivity index is 2.02. The molecule has 0 radical (unpaired) electrons. The third-order valence-electron chi connectivity index (χ3n) is 4.00. The Morgan fingerprint density at radius 2 is 2.00 bits per heavy atom. The van der Waals surface area contributed by atoms with E-state index in [9.17, 15) is 8.78 Å². The third kappa shape index (κ3) is 4.18. The highest BCUT2D eigenvalue weighted by Gasteiger charge is 2.30. The molecule has 22 heavy (non-hydrogen) atoms. The lowest BCUT2D eigenvalue weighted by atomic mass is 9.93. The molecule has 0 aliphatic carbocycles. The summed E-state index contributed by atoms with van der Waals surface area (Å²) in [5, 5.41) is 3.27. The number of nitrogens with one attached hydrogen (secondary N) is 1. The Labute approximate surface area is 131 Å². The fourth-order valence-electron chi connectivity index (χ4n) is 2.76. The minimum atomic E-state index is -0.498. The molecule has 1 aliphatic heterocycles. The van der Waals surface area contributed by atoms with Crippen molar-refractivity contribution >= 4 is 5.96 Å². The molecule has 1 N–H and O–H groups in total. The summed E-state index contributed by atoms with van der Waals surface area (Å²) in [4.78, 5) is 6.76. The minimum Gasteiger partial charge on any atom is -0.357 e. The first-order valence-corrected chi connectivity index (χ1v) is 7.89. The molecular formula is C17H25F2N3. The van der Waals surface area contributed by atoms with Crippen molar-refractivity contribution < 1.29 is 8.78 Å². The maximum atomic E-state index is 13.6. The van der Waals surface area contributed by atoms with Crippen LogP contribution in [0, 0.1) is 17.0 Å². The molecule has 1 aliphatic rings. The zero-order valence-electron chi connectivity index (χ0n) is 13.6. The average Bonchev–Trinajstić information content (AvgIpc) is 2.81. The van der Waals surface area contributed by atoms with Crippen molar-refractivity contribution in [2.45, 2.75) is 33.6 Å². The number of hydrogen-bond acceptors (Lipinski definition) is 1. The van der Waals surface area contributed by atoms with Crippen molar-refractivity contribution in [2.75, 3.05) is 26.2 Å². The van der Waals surface area contributed by atoms with Crippen LogP contribution >= 0.6 is 0 Å². The zero-order valence-corrected chi connectivity index (χ0v) is 13.6. The summed E-state index contributed by atoms with van der Waals surface area (Å²) < 4.78 is 27.2. The second kappa shape index (κ2) is 7.07. The quantitative estimate of drug-likeness (QED) is 0.683. The van der Waals surface area contributed by atoms with Crippen LogP contribution in [0.2, 0.25) is 0 Å². The highest BCUT2D eigenvalue weighted by Crippen LogP contribution is 2.28. The van der Waals surface area contributed by atoms with Crippen LogP contribution in [0.1, 0.15) is 32.8 Å². The minimum absolute atomic E-state index is 0.115. The van der Waals surface area contributed by atoms with E-state index >= 15 is 0 Å². The zero-order chi connectivity index (χ0) is 16.2. The maximum absolute atomic E-state index is 13.6. The number of nitrogens with zero attached hydrogens (tertiary/aromatic N) is 2. The highest BCUT2D eigenvalue weighted by atomic mass is 19.1. The topological polar surface area (TPSA) is 27.6 Å². The molecule has 0 amide bonds. The predicted molar refractivity (Wildman–Crippen MR) is 86.0 cm³/mol. The van der Waals surface area contributed by atoms with Gasteiger partial charge in [0.2, 0.25) is 0 Å². The van der Waals surface area contributed by atoms with Gasteiger partial charge < -0.3 is 10.2 Å². The van der Waals surface area contributed by atoms with Crippen LogP contribution in [0.5, 0.6) is 0 Å². The van der Waals surface area contributed by atoms with Gasteiger partial charge in [0, 0.05) is 31.7 Å². The summed E-state index contributed by atoms with van der Waals surface area (Å²) in [6.07, 6.45) is 1.39. The van der Waals surface area contributed by atoms with Gasteiger partial charge in [-0.15, -0.1) is 0 Å². The molecule has 0 atom stereocenters. The maximum Gasteiger partial charge on any atom is 0.193 e. The SMILES string of the molecule is CCNC(=NCCc1c(F)cccc1F)N1CCC(C)(C)C1. The molecule has 0 bridgehead atoms. The van der Waals surface area contributed by atoms with Gasteiger partial charge in [0.05, 0.1) is 0 Å². The molecule has 0 saturated carbocycles. The normalized spacial score (nSPS) is 17.9. The molecule has 2 rings (SSSR count). The van der Waals surface area contributed by atoms with Crippen LogP contribution in [0.25, 0.3) is 0 Å². The van der Waals surface area contributed by atoms with E-state index in [0.29, 0.717) is 6.54 Å². The van der Waals surface area contributed by atoms with Gasteiger partial charge in [-0.05, 0) is 37.3 Å². The van der Waals surface area contributed by atoms with Crippen molar-refractivity contribution in [3.63, 3.8) is 0 Å². The van der Waals surface area contributed by atoms with E-state index < -0.39 is 11.6 Å². The molecule has 0 unspecified atom stereocenters. The van der Waals surface area contributed by atoms with E-state index in [-0.39, 0.29) is 17.4 Å². The number of rotatable bonds is 4. The average molecular weight is 309 g/mol. The van der Waals surface area contributed by atoms with E-state index in [1.54, 1.807) is 0 Å². The first kappa shape index (κ1) is 16.7. The van der Waals surface area contributed by atoms with E-state index in [1.807, 2.05) is 6.92 Å². The molecule has 122 valence electrons. The molecule has 1 fully saturated rings. The van der Waals surface area contributed by atoms with E-state index in [2.05, 4.69) is 29.1 Å². The van der Waals surface area contributed by atoms with Crippen molar-refractivity contribution in [2.24, 2.45) is 10.4 Å². The molecule has 5 heteroatoms. The summed E-state index contributed by atoms with van der Waals surface area (Å²) in [6.45, 7) is 9.57. The van der Waals surface area contributed by atoms with Gasteiger partial charge in [-0.25, -0.2) is 8.78 Å². The van der Waals surface area contributed by atoms with Crippen LogP contribution in [-0.4, -0.2) is 37.0 Å². The molecule has 0 spiro atoms. The molecule has 3 nitrogen and oxygen atoms in total. The number of halogens is 2. The van der Waals surface area contributed by atoms with Crippen LogP contribution in [0.15, 0.2) is 23.2 Å². The van der Waals surface area contributed by atoms with E-state index in [1.165, 1.54) is 18.2 Å². The van der Waals surface area contributed by atoms with Crippen molar-refractivity contribution in [1.29, 1.82) is 0 Å². The van der Waals surface area contributed by atoms with E-state index in [0.717, 1.165) is 32.0 Å². The second-order valence-corrected chi connectivity index (χ2v) is 6.52. The fraction of sp³-hybridized carbons (Fsp3) is 0.588. The van der Waals surface area contributed by atoms with Crippen LogP contribution in [0.3, 0.4) is 0 Å². The number of aliphatic imine (C=N–C) groups is 1. The number of likely N-dealkylation sites (tertiary alicyclic amines) is 1. The lowest BCUT2D eigenvalue weighted by Gasteiger charge is -2.23. The summed E-state index contributed by atoms with van der Waals surface area (Å²) in [7, 11) is 0. The van der Waals surface area contributed by atoms with Gasteiger partial charge in [-0.3, -0.25) is 4.99 Å². The summed E-state index contributed by atoms with van der Waals surface area (Å²) in [5.41, 5.74) is 0.400. The Morgan fingerprint density at radius 3 is 2.55 bits per heavy atom. The number of benzene rings is 1. The molecule has 1 aromatic rings. The van der Waals surface area contributed by atoms with Crippen LogP contribution in [0.4, 0.5) is 8.78 Å². The van der Waals surface area contributed by atoms with Gasteiger partial charge in [-0.2, -0.15) is 0 Å². The van der Waals surface area contributed by atoms with Crippen molar-refractivity contribution in [3.8, 4) is 0 Å². The summed E-state index contributed by atoms with van der Waals surface area (Å²) in [6, 6.07) is 3.96. The lowest BCUT2D eigenvalue weighted by Crippen LogP contribution is -2.40. The summed E-state index contributed by atoms with van der Waals surface area (Å²) in [5.74, 6) is -0.158. The highest BCUT2D eigenvalue weighted by molar-refractivity contribution is 5.80. The number of hydrogen-bond donors (Lipinski definition) is 1. The van der Waals surface area contributed by atoms with Gasteiger partial charge >= 0.3 is 0 Å².